The van der Waals surface area contributed by atoms with Gasteiger partial charge in [-0.05, 0) is 46.7 Å². The highest BCUT2D eigenvalue weighted by atomic mass is 32.1. The molecule has 0 radical (unpaired) electrons. The lowest BCUT2D eigenvalue weighted by Crippen LogP contribution is -2.27. The smallest absolute Gasteiger partial charge is 0.0346 e. The number of hydrogen-bond acceptors (Lipinski definition) is 2. The summed E-state index contributed by atoms with van der Waals surface area (Å²) < 4.78 is 1.40. The van der Waals surface area contributed by atoms with Gasteiger partial charge in [-0.25, -0.2) is 0 Å². The van der Waals surface area contributed by atoms with Crippen LogP contribution in [0.4, 0.5) is 0 Å². The molecule has 1 aromatic carbocycles. The lowest BCUT2D eigenvalue weighted by Gasteiger charge is -2.31. The van der Waals surface area contributed by atoms with Gasteiger partial charge in [0.15, 0.2) is 0 Å². The van der Waals surface area contributed by atoms with E-state index >= 15 is 0 Å². The largest absolute Gasteiger partial charge is 0.310 e. The molecule has 2 heteroatoms. The monoisotopic (exact) mass is 289 g/mol. The van der Waals surface area contributed by atoms with Gasteiger partial charge in [-0.1, -0.05) is 52.8 Å². The fourth-order valence-electron chi connectivity index (χ4n) is 2.54. The molecule has 0 spiro atoms. The summed E-state index contributed by atoms with van der Waals surface area (Å²) in [6, 6.07) is 9.22. The van der Waals surface area contributed by atoms with Crippen molar-refractivity contribution in [3.05, 3.63) is 35.2 Å². The maximum absolute atomic E-state index is 3.69. The van der Waals surface area contributed by atoms with Crippen LogP contribution in [0.1, 0.15) is 52.6 Å². The molecule has 0 aliphatic carbocycles. The van der Waals surface area contributed by atoms with Crippen LogP contribution in [0, 0.1) is 11.3 Å². The lowest BCUT2D eigenvalue weighted by atomic mass is 9.77. The van der Waals surface area contributed by atoms with Crippen LogP contribution in [0.3, 0.4) is 0 Å². The number of rotatable bonds is 5. The Balaban J connectivity index is 2.29. The molecule has 0 saturated heterocycles. The van der Waals surface area contributed by atoms with Gasteiger partial charge in [-0.15, -0.1) is 11.3 Å². The minimum absolute atomic E-state index is 0.361. The molecule has 0 aliphatic heterocycles. The van der Waals surface area contributed by atoms with Gasteiger partial charge < -0.3 is 5.32 Å². The summed E-state index contributed by atoms with van der Waals surface area (Å²) in [6.07, 6.45) is 1.19. The van der Waals surface area contributed by atoms with Crippen molar-refractivity contribution < 1.29 is 0 Å². The Morgan fingerprint density at radius 2 is 1.90 bits per heavy atom. The molecule has 1 aromatic heterocycles. The van der Waals surface area contributed by atoms with Crippen molar-refractivity contribution >= 4 is 21.4 Å². The topological polar surface area (TPSA) is 12.0 Å². The average molecular weight is 289 g/mol. The number of hydrogen-bond donors (Lipinski definition) is 1. The molecule has 2 rings (SSSR count). The van der Waals surface area contributed by atoms with E-state index in [1.54, 1.807) is 0 Å². The zero-order valence-electron chi connectivity index (χ0n) is 13.4. The van der Waals surface area contributed by atoms with E-state index in [4.69, 9.17) is 0 Å². The van der Waals surface area contributed by atoms with Crippen molar-refractivity contribution in [3.63, 3.8) is 0 Å². The predicted octanol–water partition coefficient (Wildman–Crippen LogP) is 5.62. The second-order valence-electron chi connectivity index (χ2n) is 6.80. The van der Waals surface area contributed by atoms with Crippen molar-refractivity contribution in [2.24, 2.45) is 11.3 Å². The van der Waals surface area contributed by atoms with Crippen molar-refractivity contribution in [2.75, 3.05) is 6.54 Å². The number of thiophene rings is 1. The molecule has 0 fully saturated rings. The first-order chi connectivity index (χ1) is 9.43. The molecule has 20 heavy (non-hydrogen) atoms. The molecule has 2 atom stereocenters. The normalized spacial score (nSPS) is 15.4. The van der Waals surface area contributed by atoms with Crippen LogP contribution in [-0.2, 0) is 0 Å². The van der Waals surface area contributed by atoms with E-state index in [0.717, 1.165) is 6.54 Å². The van der Waals surface area contributed by atoms with E-state index in [-0.39, 0.29) is 0 Å². The molecular formula is C18H27NS. The zero-order valence-corrected chi connectivity index (χ0v) is 14.2. The van der Waals surface area contributed by atoms with Gasteiger partial charge in [0.05, 0.1) is 0 Å². The molecule has 1 heterocycles. The standard InChI is InChI=1S/C18H27NS/c1-6-19-16(11-13(2)18(3,4)5)15-12-20-17-10-8-7-9-14(15)17/h7-10,12-13,16,19H,6,11H2,1-5H3. The Bertz CT molecular complexity index is 550. The lowest BCUT2D eigenvalue weighted by molar-refractivity contribution is 0.224. The Labute approximate surface area is 127 Å². The third-order valence-electron chi connectivity index (χ3n) is 4.40. The Kier molecular flexibility index (Phi) is 4.87. The van der Waals surface area contributed by atoms with Crippen LogP contribution in [0.5, 0.6) is 0 Å². The Morgan fingerprint density at radius 3 is 2.55 bits per heavy atom. The van der Waals surface area contributed by atoms with Crippen LogP contribution >= 0.6 is 11.3 Å². The highest BCUT2D eigenvalue weighted by molar-refractivity contribution is 7.17. The fourth-order valence-corrected chi connectivity index (χ4v) is 3.56. The van der Waals surface area contributed by atoms with Crippen molar-refractivity contribution in [3.8, 4) is 0 Å². The van der Waals surface area contributed by atoms with E-state index < -0.39 is 0 Å². The third kappa shape index (κ3) is 3.42. The van der Waals surface area contributed by atoms with Gasteiger partial charge in [0.1, 0.15) is 0 Å². The predicted molar refractivity (Wildman–Crippen MR) is 91.5 cm³/mol. The maximum atomic E-state index is 3.69. The van der Waals surface area contributed by atoms with Crippen LogP contribution in [0.15, 0.2) is 29.6 Å². The van der Waals surface area contributed by atoms with Gasteiger partial charge in [-0.2, -0.15) is 0 Å². The average Bonchev–Trinajstić information content (AvgIpc) is 2.80. The molecule has 0 amide bonds. The number of benzene rings is 1. The van der Waals surface area contributed by atoms with E-state index in [2.05, 4.69) is 69.6 Å². The maximum Gasteiger partial charge on any atom is 0.0346 e. The Hall–Kier alpha value is -0.860. The van der Waals surface area contributed by atoms with Crippen molar-refractivity contribution in [2.45, 2.75) is 47.1 Å². The summed E-state index contributed by atoms with van der Waals surface area (Å²) in [7, 11) is 0. The molecule has 1 nitrogen and oxygen atoms in total. The van der Waals surface area contributed by atoms with Crippen LogP contribution in [0.25, 0.3) is 10.1 Å². The van der Waals surface area contributed by atoms with E-state index in [1.165, 1.54) is 22.1 Å². The fraction of sp³-hybridized carbons (Fsp3) is 0.556. The molecule has 2 aromatic rings. The van der Waals surface area contributed by atoms with Gasteiger partial charge in [0.25, 0.3) is 0 Å². The molecule has 0 saturated carbocycles. The summed E-state index contributed by atoms with van der Waals surface area (Å²) >= 11 is 1.86. The van der Waals surface area contributed by atoms with Crippen molar-refractivity contribution in [1.82, 2.24) is 5.32 Å². The van der Waals surface area contributed by atoms with Gasteiger partial charge in [0.2, 0.25) is 0 Å². The van der Waals surface area contributed by atoms with E-state index in [0.29, 0.717) is 17.4 Å². The summed E-state index contributed by atoms with van der Waals surface area (Å²) in [4.78, 5) is 0. The summed E-state index contributed by atoms with van der Waals surface area (Å²) in [6.45, 7) is 12.6. The minimum Gasteiger partial charge on any atom is -0.310 e. The quantitative estimate of drug-likeness (QED) is 0.752. The molecule has 2 unspecified atom stereocenters. The Morgan fingerprint density at radius 1 is 1.20 bits per heavy atom. The van der Waals surface area contributed by atoms with E-state index in [1.807, 2.05) is 11.3 Å². The second kappa shape index (κ2) is 6.28. The number of fused-ring (bicyclic) bond motifs is 1. The molecule has 1 N–H and O–H groups in total. The highest BCUT2D eigenvalue weighted by Crippen LogP contribution is 2.37. The first-order valence-electron chi connectivity index (χ1n) is 7.63. The molecule has 0 aliphatic rings. The molecular weight excluding hydrogens is 262 g/mol. The first kappa shape index (κ1) is 15.5. The minimum atomic E-state index is 0.361. The third-order valence-corrected chi connectivity index (χ3v) is 5.39. The summed E-state index contributed by atoms with van der Waals surface area (Å²) in [5.74, 6) is 0.685. The van der Waals surface area contributed by atoms with Crippen LogP contribution in [0.2, 0.25) is 0 Å². The summed E-state index contributed by atoms with van der Waals surface area (Å²) in [5, 5.41) is 7.45. The van der Waals surface area contributed by atoms with Gasteiger partial charge in [-0.3, -0.25) is 0 Å². The molecule has 0 bridgehead atoms. The number of nitrogens with one attached hydrogen (secondary N) is 1. The first-order valence-corrected chi connectivity index (χ1v) is 8.51. The van der Waals surface area contributed by atoms with Gasteiger partial charge >= 0.3 is 0 Å². The molecule has 110 valence electrons. The SMILES string of the molecule is CCNC(CC(C)C(C)(C)C)c1csc2ccccc12. The van der Waals surface area contributed by atoms with E-state index in [9.17, 15) is 0 Å². The van der Waals surface area contributed by atoms with Crippen LogP contribution in [-0.4, -0.2) is 6.54 Å². The van der Waals surface area contributed by atoms with Gasteiger partial charge in [0, 0.05) is 10.7 Å². The van der Waals surface area contributed by atoms with Crippen LogP contribution < -0.4 is 5.32 Å². The summed E-state index contributed by atoms with van der Waals surface area (Å²) in [5.41, 5.74) is 1.84. The van der Waals surface area contributed by atoms with Crippen molar-refractivity contribution in [1.29, 1.82) is 0 Å². The zero-order chi connectivity index (χ0) is 14.8. The second-order valence-corrected chi connectivity index (χ2v) is 7.71. The highest BCUT2D eigenvalue weighted by Gasteiger charge is 2.25.